The zero-order valence-electron chi connectivity index (χ0n) is 7.63. The van der Waals surface area contributed by atoms with Crippen molar-refractivity contribution in [2.45, 2.75) is 19.3 Å². The van der Waals surface area contributed by atoms with E-state index in [1.54, 1.807) is 0 Å². The smallest absolute Gasteiger partial charge is 0.179 e. The minimum Gasteiger partial charge on any atom is -0.316 e. The second-order valence-corrected chi connectivity index (χ2v) is 3.45. The van der Waals surface area contributed by atoms with Crippen LogP contribution < -0.4 is 5.32 Å². The predicted octanol–water partition coefficient (Wildman–Crippen LogP) is 0.689. The molecular weight excluding hydrogens is 166 g/mol. The fourth-order valence-corrected chi connectivity index (χ4v) is 1.65. The maximum Gasteiger partial charge on any atom is 0.179 e. The molecule has 4 nitrogen and oxygen atoms in total. The minimum absolute atomic E-state index is 0.0217. The van der Waals surface area contributed by atoms with Gasteiger partial charge in [0.1, 0.15) is 5.69 Å². The molecule has 1 saturated heterocycles. The monoisotopic (exact) mass is 179 g/mol. The fourth-order valence-electron chi connectivity index (χ4n) is 1.65. The lowest BCUT2D eigenvalue weighted by Crippen LogP contribution is -2.08. The van der Waals surface area contributed by atoms with Gasteiger partial charge in [-0.05, 0) is 19.0 Å². The van der Waals surface area contributed by atoms with Gasteiger partial charge in [-0.3, -0.25) is 9.89 Å². The van der Waals surface area contributed by atoms with Crippen LogP contribution in [0.3, 0.4) is 0 Å². The molecule has 1 fully saturated rings. The topological polar surface area (TPSA) is 57.8 Å². The van der Waals surface area contributed by atoms with Crippen molar-refractivity contribution < 1.29 is 4.79 Å². The second-order valence-electron chi connectivity index (χ2n) is 3.45. The second kappa shape index (κ2) is 3.30. The number of aromatic nitrogens is 2. The van der Waals surface area contributed by atoms with E-state index in [1.807, 2.05) is 6.07 Å². The number of H-pyrrole nitrogens is 1. The first-order valence-electron chi connectivity index (χ1n) is 4.54. The molecule has 2 rings (SSSR count). The van der Waals surface area contributed by atoms with Gasteiger partial charge in [-0.15, -0.1) is 0 Å². The Morgan fingerprint density at radius 1 is 1.69 bits per heavy atom. The van der Waals surface area contributed by atoms with Gasteiger partial charge >= 0.3 is 0 Å². The Balaban J connectivity index is 2.16. The van der Waals surface area contributed by atoms with Gasteiger partial charge in [0.2, 0.25) is 0 Å². The standard InChI is InChI=1S/C9H13N3O/c1-6(13)8-4-9(12-11-8)7-2-3-10-5-7/h4,7,10H,2-3,5H2,1H3,(H,11,12). The highest BCUT2D eigenvalue weighted by Crippen LogP contribution is 2.20. The number of ketones is 1. The van der Waals surface area contributed by atoms with E-state index < -0.39 is 0 Å². The van der Waals surface area contributed by atoms with Crippen molar-refractivity contribution in [2.75, 3.05) is 13.1 Å². The van der Waals surface area contributed by atoms with Gasteiger partial charge in [0.05, 0.1) is 0 Å². The first-order valence-corrected chi connectivity index (χ1v) is 4.54. The summed E-state index contributed by atoms with van der Waals surface area (Å²) in [6.07, 6.45) is 1.12. The molecule has 2 heterocycles. The number of hydrogen-bond acceptors (Lipinski definition) is 3. The van der Waals surface area contributed by atoms with Crippen LogP contribution >= 0.6 is 0 Å². The largest absolute Gasteiger partial charge is 0.316 e. The summed E-state index contributed by atoms with van der Waals surface area (Å²) in [4.78, 5) is 11.0. The third-order valence-corrected chi connectivity index (χ3v) is 2.46. The van der Waals surface area contributed by atoms with E-state index >= 15 is 0 Å². The van der Waals surface area contributed by atoms with Crippen molar-refractivity contribution in [3.8, 4) is 0 Å². The third-order valence-electron chi connectivity index (χ3n) is 2.46. The molecule has 1 aliphatic rings. The Bertz CT molecular complexity index is 312. The van der Waals surface area contributed by atoms with E-state index in [0.29, 0.717) is 11.6 Å². The lowest BCUT2D eigenvalue weighted by molar-refractivity contribution is 0.101. The third kappa shape index (κ3) is 1.62. The summed E-state index contributed by atoms with van der Waals surface area (Å²) in [7, 11) is 0. The van der Waals surface area contributed by atoms with Crippen LogP contribution in [0.2, 0.25) is 0 Å². The lowest BCUT2D eigenvalue weighted by atomic mass is 10.0. The van der Waals surface area contributed by atoms with Gasteiger partial charge in [0.25, 0.3) is 0 Å². The highest BCUT2D eigenvalue weighted by molar-refractivity contribution is 5.92. The first kappa shape index (κ1) is 8.44. The highest BCUT2D eigenvalue weighted by Gasteiger charge is 2.19. The van der Waals surface area contributed by atoms with Gasteiger partial charge < -0.3 is 5.32 Å². The molecule has 1 aromatic rings. The van der Waals surface area contributed by atoms with Crippen molar-refractivity contribution in [1.29, 1.82) is 0 Å². The molecule has 13 heavy (non-hydrogen) atoms. The van der Waals surface area contributed by atoms with Crippen molar-refractivity contribution >= 4 is 5.78 Å². The Morgan fingerprint density at radius 2 is 2.54 bits per heavy atom. The summed E-state index contributed by atoms with van der Waals surface area (Å²) < 4.78 is 0. The molecule has 0 bridgehead atoms. The Hall–Kier alpha value is -1.16. The summed E-state index contributed by atoms with van der Waals surface area (Å²) in [5, 5.41) is 10.2. The molecule has 2 N–H and O–H groups in total. The highest BCUT2D eigenvalue weighted by atomic mass is 16.1. The number of carbonyl (C=O) groups excluding carboxylic acids is 1. The van der Waals surface area contributed by atoms with Crippen LogP contribution in [0.25, 0.3) is 0 Å². The van der Waals surface area contributed by atoms with Crippen LogP contribution in [0, 0.1) is 0 Å². The van der Waals surface area contributed by atoms with Crippen molar-refractivity contribution in [1.82, 2.24) is 15.5 Å². The first-order chi connectivity index (χ1) is 6.27. The van der Waals surface area contributed by atoms with Crippen LogP contribution in [-0.2, 0) is 0 Å². The number of carbonyl (C=O) groups is 1. The molecule has 1 atom stereocenters. The molecule has 0 aromatic carbocycles. The van der Waals surface area contributed by atoms with Crippen LogP contribution in [0.5, 0.6) is 0 Å². The zero-order chi connectivity index (χ0) is 9.26. The molecule has 1 aromatic heterocycles. The van der Waals surface area contributed by atoms with E-state index in [-0.39, 0.29) is 5.78 Å². The molecule has 0 spiro atoms. The zero-order valence-corrected chi connectivity index (χ0v) is 7.63. The average Bonchev–Trinajstić information content (AvgIpc) is 2.75. The van der Waals surface area contributed by atoms with Crippen molar-refractivity contribution in [3.63, 3.8) is 0 Å². The van der Waals surface area contributed by atoms with Crippen LogP contribution in [0.4, 0.5) is 0 Å². The summed E-state index contributed by atoms with van der Waals surface area (Å²) in [5.41, 5.74) is 1.62. The molecule has 1 unspecified atom stereocenters. The number of hydrogen-bond donors (Lipinski definition) is 2. The lowest BCUT2D eigenvalue weighted by Gasteiger charge is -2.02. The van der Waals surface area contributed by atoms with Gasteiger partial charge in [0, 0.05) is 25.1 Å². The van der Waals surface area contributed by atoms with Crippen molar-refractivity contribution in [3.05, 3.63) is 17.5 Å². The number of nitrogens with one attached hydrogen (secondary N) is 2. The predicted molar refractivity (Wildman–Crippen MR) is 48.8 cm³/mol. The molecule has 4 heteroatoms. The van der Waals surface area contributed by atoms with Crippen LogP contribution in [-0.4, -0.2) is 29.1 Å². The molecule has 70 valence electrons. The maximum absolute atomic E-state index is 11.0. The normalized spacial score (nSPS) is 22.1. The van der Waals surface area contributed by atoms with E-state index in [4.69, 9.17) is 0 Å². The summed E-state index contributed by atoms with van der Waals surface area (Å²) >= 11 is 0. The minimum atomic E-state index is 0.0217. The summed E-state index contributed by atoms with van der Waals surface area (Å²) in [6.45, 7) is 3.57. The number of nitrogens with zero attached hydrogens (tertiary/aromatic N) is 1. The number of aromatic amines is 1. The maximum atomic E-state index is 11.0. The summed E-state index contributed by atoms with van der Waals surface area (Å²) in [5.74, 6) is 0.522. The van der Waals surface area contributed by atoms with Crippen LogP contribution in [0.1, 0.15) is 35.4 Å². The van der Waals surface area contributed by atoms with Gasteiger partial charge in [-0.1, -0.05) is 0 Å². The van der Waals surface area contributed by atoms with E-state index in [9.17, 15) is 4.79 Å². The molecule has 0 radical (unpaired) electrons. The van der Waals surface area contributed by atoms with E-state index in [1.165, 1.54) is 6.92 Å². The average molecular weight is 179 g/mol. The van der Waals surface area contributed by atoms with Crippen molar-refractivity contribution in [2.24, 2.45) is 0 Å². The molecular formula is C9H13N3O. The van der Waals surface area contributed by atoms with Gasteiger partial charge in [0.15, 0.2) is 5.78 Å². The fraction of sp³-hybridized carbons (Fsp3) is 0.556. The molecule has 0 saturated carbocycles. The molecule has 1 aliphatic heterocycles. The number of rotatable bonds is 2. The van der Waals surface area contributed by atoms with Gasteiger partial charge in [-0.2, -0.15) is 5.10 Å². The van der Waals surface area contributed by atoms with E-state index in [0.717, 1.165) is 25.2 Å². The number of Topliss-reactive ketones (excluding diaryl/α,β-unsaturated/α-hetero) is 1. The summed E-state index contributed by atoms with van der Waals surface area (Å²) in [6, 6.07) is 1.86. The van der Waals surface area contributed by atoms with Crippen LogP contribution in [0.15, 0.2) is 6.07 Å². The quantitative estimate of drug-likeness (QED) is 0.657. The Kier molecular flexibility index (Phi) is 2.14. The molecule has 0 amide bonds. The van der Waals surface area contributed by atoms with E-state index in [2.05, 4.69) is 15.5 Å². The Labute approximate surface area is 76.7 Å². The van der Waals surface area contributed by atoms with Gasteiger partial charge in [-0.25, -0.2) is 0 Å². The molecule has 0 aliphatic carbocycles. The Morgan fingerprint density at radius 3 is 3.08 bits per heavy atom. The SMILES string of the molecule is CC(=O)c1cc(C2CCNC2)[nH]n1.